The Bertz CT molecular complexity index is 976. The van der Waals surface area contributed by atoms with E-state index in [9.17, 15) is 19.7 Å². The lowest BCUT2D eigenvalue weighted by Crippen LogP contribution is -2.41. The number of benzene rings is 2. The fourth-order valence-electron chi connectivity index (χ4n) is 2.60. The zero-order chi connectivity index (χ0) is 21.0. The van der Waals surface area contributed by atoms with Gasteiger partial charge in [0.15, 0.2) is 23.0 Å². The molecule has 11 nitrogen and oxygen atoms in total. The van der Waals surface area contributed by atoms with Crippen LogP contribution in [-0.2, 0) is 0 Å². The van der Waals surface area contributed by atoms with Crippen LogP contribution in [0.2, 0.25) is 0 Å². The summed E-state index contributed by atoms with van der Waals surface area (Å²) in [5.74, 6) is -0.362. The molecule has 0 aliphatic carbocycles. The van der Waals surface area contributed by atoms with E-state index >= 15 is 0 Å². The van der Waals surface area contributed by atoms with Crippen LogP contribution < -0.4 is 29.8 Å². The molecule has 1 heterocycles. The van der Waals surface area contributed by atoms with Gasteiger partial charge >= 0.3 is 0 Å². The smallest absolute Gasteiger partial charge is 0.286 e. The highest BCUT2D eigenvalue weighted by atomic mass is 16.7. The first-order valence-electron chi connectivity index (χ1n) is 8.44. The Balaban J connectivity index is 1.78. The van der Waals surface area contributed by atoms with Gasteiger partial charge in [-0.15, -0.1) is 0 Å². The Kier molecular flexibility index (Phi) is 5.67. The summed E-state index contributed by atoms with van der Waals surface area (Å²) in [6.07, 6.45) is 0. The Morgan fingerprint density at radius 2 is 1.83 bits per heavy atom. The average molecular weight is 403 g/mol. The van der Waals surface area contributed by atoms with Gasteiger partial charge < -0.3 is 18.9 Å². The predicted octanol–water partition coefficient (Wildman–Crippen LogP) is 1.81. The molecule has 152 valence electrons. The normalized spacial score (nSPS) is 11.5. The van der Waals surface area contributed by atoms with Crippen molar-refractivity contribution in [3.63, 3.8) is 0 Å². The lowest BCUT2D eigenvalue weighted by molar-refractivity contribution is -0.385. The second-order valence-electron chi connectivity index (χ2n) is 5.69. The van der Waals surface area contributed by atoms with Gasteiger partial charge in [-0.3, -0.25) is 30.6 Å². The number of nitro groups is 1. The SMILES string of the molecule is CCOc1cc(C(=O)NNC(=O)c2ccc3c(c2)OCO3)c([N+](=O)[O-])cc1OC. The van der Waals surface area contributed by atoms with E-state index in [0.717, 1.165) is 6.07 Å². The quantitative estimate of drug-likeness (QED) is 0.550. The van der Waals surface area contributed by atoms with Crippen LogP contribution in [0.5, 0.6) is 23.0 Å². The predicted molar refractivity (Wildman–Crippen MR) is 98.3 cm³/mol. The molecule has 2 aromatic rings. The number of methoxy groups -OCH3 is 1. The van der Waals surface area contributed by atoms with Crippen molar-refractivity contribution < 1.29 is 33.5 Å². The van der Waals surface area contributed by atoms with E-state index in [0.29, 0.717) is 11.5 Å². The molecular weight excluding hydrogens is 386 g/mol. The van der Waals surface area contributed by atoms with E-state index in [4.69, 9.17) is 18.9 Å². The van der Waals surface area contributed by atoms with Crippen molar-refractivity contribution in [1.29, 1.82) is 0 Å². The van der Waals surface area contributed by atoms with Gasteiger partial charge in [-0.1, -0.05) is 0 Å². The Morgan fingerprint density at radius 3 is 2.52 bits per heavy atom. The molecule has 29 heavy (non-hydrogen) atoms. The maximum atomic E-state index is 12.5. The minimum absolute atomic E-state index is 0.0560. The summed E-state index contributed by atoms with van der Waals surface area (Å²) >= 11 is 0. The highest BCUT2D eigenvalue weighted by Crippen LogP contribution is 2.35. The second-order valence-corrected chi connectivity index (χ2v) is 5.69. The third-order valence-corrected chi connectivity index (χ3v) is 3.95. The molecule has 0 aromatic heterocycles. The zero-order valence-electron chi connectivity index (χ0n) is 15.5. The summed E-state index contributed by atoms with van der Waals surface area (Å²) in [6.45, 7) is 2.03. The molecular formula is C18H17N3O8. The number of hydrogen-bond donors (Lipinski definition) is 2. The molecule has 11 heteroatoms. The van der Waals surface area contributed by atoms with Crippen LogP contribution in [0.1, 0.15) is 27.6 Å². The maximum absolute atomic E-state index is 12.5. The number of rotatable bonds is 6. The number of carbonyl (C=O) groups excluding carboxylic acids is 2. The van der Waals surface area contributed by atoms with Gasteiger partial charge in [0.2, 0.25) is 6.79 Å². The number of hydrogen-bond acceptors (Lipinski definition) is 8. The summed E-state index contributed by atoms with van der Waals surface area (Å²) in [4.78, 5) is 35.4. The zero-order valence-corrected chi connectivity index (χ0v) is 15.5. The van der Waals surface area contributed by atoms with Crippen molar-refractivity contribution in [1.82, 2.24) is 10.9 Å². The number of hydrazine groups is 1. The van der Waals surface area contributed by atoms with Crippen molar-refractivity contribution >= 4 is 17.5 Å². The third-order valence-electron chi connectivity index (χ3n) is 3.95. The number of nitrogens with zero attached hydrogens (tertiary/aromatic N) is 1. The molecule has 0 radical (unpaired) electrons. The van der Waals surface area contributed by atoms with Crippen molar-refractivity contribution in [3.8, 4) is 23.0 Å². The fourth-order valence-corrected chi connectivity index (χ4v) is 2.60. The van der Waals surface area contributed by atoms with Crippen molar-refractivity contribution in [2.45, 2.75) is 6.92 Å². The molecule has 1 aliphatic rings. The Labute approximate surface area is 164 Å². The molecule has 0 saturated heterocycles. The van der Waals surface area contributed by atoms with Crippen molar-refractivity contribution in [3.05, 3.63) is 51.6 Å². The topological polar surface area (TPSA) is 138 Å². The second kappa shape index (κ2) is 8.33. The van der Waals surface area contributed by atoms with Gasteiger partial charge in [0.1, 0.15) is 5.56 Å². The van der Waals surface area contributed by atoms with Gasteiger partial charge in [-0.25, -0.2) is 0 Å². The number of ether oxygens (including phenoxy) is 4. The van der Waals surface area contributed by atoms with Crippen LogP contribution in [0.25, 0.3) is 0 Å². The summed E-state index contributed by atoms with van der Waals surface area (Å²) < 4.78 is 20.8. The molecule has 2 N–H and O–H groups in total. The number of carbonyl (C=O) groups is 2. The lowest BCUT2D eigenvalue weighted by Gasteiger charge is -2.12. The van der Waals surface area contributed by atoms with Crippen LogP contribution in [0.3, 0.4) is 0 Å². The number of amides is 2. The highest BCUT2D eigenvalue weighted by molar-refractivity contribution is 6.02. The third kappa shape index (κ3) is 4.13. The largest absolute Gasteiger partial charge is 0.493 e. The van der Waals surface area contributed by atoms with Crippen LogP contribution in [0.15, 0.2) is 30.3 Å². The van der Waals surface area contributed by atoms with Gasteiger partial charge in [0, 0.05) is 11.6 Å². The van der Waals surface area contributed by atoms with E-state index in [1.54, 1.807) is 13.0 Å². The molecule has 0 bridgehead atoms. The van der Waals surface area contributed by atoms with Crippen LogP contribution in [0, 0.1) is 10.1 Å². The monoisotopic (exact) mass is 403 g/mol. The standard InChI is InChI=1S/C18H17N3O8/c1-3-27-16-7-11(12(21(24)25)8-14(16)26-2)18(23)20-19-17(22)10-4-5-13-15(6-10)29-9-28-13/h4-8H,3,9H2,1-2H3,(H,19,22)(H,20,23). The molecule has 0 fully saturated rings. The van der Waals surface area contributed by atoms with E-state index in [1.807, 2.05) is 0 Å². The maximum Gasteiger partial charge on any atom is 0.286 e. The van der Waals surface area contributed by atoms with Gasteiger partial charge in [0.25, 0.3) is 17.5 Å². The van der Waals surface area contributed by atoms with Gasteiger partial charge in [0.05, 0.1) is 24.7 Å². The number of nitro benzene ring substituents is 1. The van der Waals surface area contributed by atoms with E-state index < -0.39 is 22.4 Å². The minimum Gasteiger partial charge on any atom is -0.493 e. The first kappa shape index (κ1) is 19.7. The molecule has 0 spiro atoms. The first-order valence-corrected chi connectivity index (χ1v) is 8.44. The van der Waals surface area contributed by atoms with E-state index in [1.165, 1.54) is 25.3 Å². The van der Waals surface area contributed by atoms with Gasteiger partial charge in [-0.05, 0) is 25.1 Å². The Morgan fingerprint density at radius 1 is 1.10 bits per heavy atom. The van der Waals surface area contributed by atoms with E-state index in [-0.39, 0.29) is 36.0 Å². The molecule has 0 saturated carbocycles. The molecule has 1 aliphatic heterocycles. The highest BCUT2D eigenvalue weighted by Gasteiger charge is 2.25. The first-order chi connectivity index (χ1) is 13.9. The summed E-state index contributed by atoms with van der Waals surface area (Å²) in [7, 11) is 1.33. The molecule has 0 unspecified atom stereocenters. The van der Waals surface area contributed by atoms with Crippen molar-refractivity contribution in [2.75, 3.05) is 20.5 Å². The Hall–Kier alpha value is -4.02. The lowest BCUT2D eigenvalue weighted by atomic mass is 10.1. The van der Waals surface area contributed by atoms with E-state index in [2.05, 4.69) is 10.9 Å². The molecule has 3 rings (SSSR count). The number of nitrogens with one attached hydrogen (secondary N) is 2. The number of fused-ring (bicyclic) bond motifs is 1. The van der Waals surface area contributed by atoms with Crippen LogP contribution in [-0.4, -0.2) is 37.2 Å². The van der Waals surface area contributed by atoms with Crippen LogP contribution >= 0.6 is 0 Å². The average Bonchev–Trinajstić information content (AvgIpc) is 3.19. The van der Waals surface area contributed by atoms with Gasteiger partial charge in [-0.2, -0.15) is 0 Å². The van der Waals surface area contributed by atoms with Crippen LogP contribution in [0.4, 0.5) is 5.69 Å². The summed E-state index contributed by atoms with van der Waals surface area (Å²) in [5, 5.41) is 11.3. The summed E-state index contributed by atoms with van der Waals surface area (Å²) in [5.41, 5.74) is 3.76. The van der Waals surface area contributed by atoms with Crippen molar-refractivity contribution in [2.24, 2.45) is 0 Å². The minimum atomic E-state index is -0.894. The molecule has 2 amide bonds. The molecule has 0 atom stereocenters. The summed E-state index contributed by atoms with van der Waals surface area (Å²) in [6, 6.07) is 6.76. The fraction of sp³-hybridized carbons (Fsp3) is 0.222. The molecule has 2 aromatic carbocycles.